The van der Waals surface area contributed by atoms with Gasteiger partial charge in [-0.1, -0.05) is 24.6 Å². The van der Waals surface area contributed by atoms with E-state index in [-0.39, 0.29) is 6.42 Å². The molecule has 1 heterocycles. The third-order valence-electron chi connectivity index (χ3n) is 3.01. The molecule has 102 valence electrons. The Kier molecular flexibility index (Phi) is 4.56. The van der Waals surface area contributed by atoms with Crippen LogP contribution in [0.3, 0.4) is 0 Å². The van der Waals surface area contributed by atoms with Gasteiger partial charge < -0.3 is 9.67 Å². The number of aromatic nitrogens is 2. The minimum absolute atomic E-state index is 0.140. The molecule has 0 spiro atoms. The van der Waals surface area contributed by atoms with Gasteiger partial charge in [0.05, 0.1) is 24.3 Å². The van der Waals surface area contributed by atoms with Crippen molar-refractivity contribution in [3.8, 4) is 0 Å². The summed E-state index contributed by atoms with van der Waals surface area (Å²) in [7, 11) is 0. The van der Waals surface area contributed by atoms with Gasteiger partial charge in [0, 0.05) is 23.6 Å². The smallest absolute Gasteiger partial charge is 0.127 e. The van der Waals surface area contributed by atoms with Crippen LogP contribution in [0.1, 0.15) is 30.7 Å². The first-order chi connectivity index (χ1) is 9.13. The van der Waals surface area contributed by atoms with Crippen molar-refractivity contribution in [2.45, 2.75) is 32.4 Å². The first-order valence-corrected chi connectivity index (χ1v) is 6.62. The number of aryl methyl sites for hydroxylation is 1. The van der Waals surface area contributed by atoms with Crippen LogP contribution >= 0.6 is 11.6 Å². The van der Waals surface area contributed by atoms with Gasteiger partial charge >= 0.3 is 0 Å². The van der Waals surface area contributed by atoms with Gasteiger partial charge in [-0.2, -0.15) is 0 Å². The third kappa shape index (κ3) is 3.14. The lowest BCUT2D eigenvalue weighted by Crippen LogP contribution is -2.10. The summed E-state index contributed by atoms with van der Waals surface area (Å²) in [6.07, 6.45) is 3.54. The molecule has 0 radical (unpaired) electrons. The standard InChI is InChI=1S/C14H16ClFN2O/c1-2-6-18-9-17-8-13(18)14(19)7-10-11(15)4-3-5-12(10)16/h3-5,8-9,14,19H,2,6-7H2,1H3. The van der Waals surface area contributed by atoms with Crippen molar-refractivity contribution in [3.05, 3.63) is 52.8 Å². The number of hydrogen-bond acceptors (Lipinski definition) is 2. The number of aliphatic hydroxyl groups excluding tert-OH is 1. The second kappa shape index (κ2) is 6.17. The number of halogens is 2. The summed E-state index contributed by atoms with van der Waals surface area (Å²) >= 11 is 5.96. The molecule has 0 saturated carbocycles. The number of benzene rings is 1. The first kappa shape index (κ1) is 14.0. The fourth-order valence-electron chi connectivity index (χ4n) is 2.06. The second-order valence-electron chi connectivity index (χ2n) is 4.43. The molecule has 0 saturated heterocycles. The Labute approximate surface area is 116 Å². The second-order valence-corrected chi connectivity index (χ2v) is 4.84. The van der Waals surface area contributed by atoms with Gasteiger partial charge in [0.25, 0.3) is 0 Å². The Morgan fingerprint density at radius 3 is 2.95 bits per heavy atom. The topological polar surface area (TPSA) is 38.0 Å². The van der Waals surface area contributed by atoms with Crippen LogP contribution in [0.25, 0.3) is 0 Å². The number of nitrogens with zero attached hydrogens (tertiary/aromatic N) is 2. The summed E-state index contributed by atoms with van der Waals surface area (Å²) < 4.78 is 15.6. The first-order valence-electron chi connectivity index (χ1n) is 6.24. The average molecular weight is 283 g/mol. The average Bonchev–Trinajstić information content (AvgIpc) is 2.83. The largest absolute Gasteiger partial charge is 0.386 e. The molecular formula is C14H16ClFN2O. The van der Waals surface area contributed by atoms with Crippen molar-refractivity contribution < 1.29 is 9.50 Å². The molecular weight excluding hydrogens is 267 g/mol. The summed E-state index contributed by atoms with van der Waals surface area (Å²) in [5, 5.41) is 10.6. The van der Waals surface area contributed by atoms with Crippen LogP contribution < -0.4 is 0 Å². The Balaban J connectivity index is 2.21. The van der Waals surface area contributed by atoms with Crippen molar-refractivity contribution in [1.82, 2.24) is 9.55 Å². The van der Waals surface area contributed by atoms with Crippen molar-refractivity contribution in [2.24, 2.45) is 0 Å². The molecule has 0 amide bonds. The van der Waals surface area contributed by atoms with E-state index in [0.29, 0.717) is 16.3 Å². The highest BCUT2D eigenvalue weighted by atomic mass is 35.5. The minimum atomic E-state index is -0.816. The number of hydrogen-bond donors (Lipinski definition) is 1. The number of aliphatic hydroxyl groups is 1. The Morgan fingerprint density at radius 1 is 1.47 bits per heavy atom. The molecule has 0 bridgehead atoms. The summed E-state index contributed by atoms with van der Waals surface area (Å²) in [5.41, 5.74) is 1.02. The van der Waals surface area contributed by atoms with E-state index in [0.717, 1.165) is 13.0 Å². The summed E-state index contributed by atoms with van der Waals surface area (Å²) in [4.78, 5) is 4.02. The lowest BCUT2D eigenvalue weighted by molar-refractivity contribution is 0.167. The lowest BCUT2D eigenvalue weighted by atomic mass is 10.1. The summed E-state index contributed by atoms with van der Waals surface area (Å²) in [6.45, 7) is 2.82. The van der Waals surface area contributed by atoms with E-state index in [9.17, 15) is 9.50 Å². The Bertz CT molecular complexity index is 536. The van der Waals surface area contributed by atoms with Gasteiger partial charge in [-0.3, -0.25) is 0 Å². The van der Waals surface area contributed by atoms with Crippen LogP contribution in [0.5, 0.6) is 0 Å². The molecule has 2 rings (SSSR count). The van der Waals surface area contributed by atoms with E-state index in [4.69, 9.17) is 11.6 Å². The molecule has 0 fully saturated rings. The normalized spacial score (nSPS) is 12.6. The molecule has 1 aromatic heterocycles. The molecule has 0 aliphatic rings. The molecule has 5 heteroatoms. The van der Waals surface area contributed by atoms with Crippen molar-refractivity contribution in [2.75, 3.05) is 0 Å². The van der Waals surface area contributed by atoms with E-state index in [2.05, 4.69) is 4.98 Å². The molecule has 1 N–H and O–H groups in total. The molecule has 0 aliphatic heterocycles. The van der Waals surface area contributed by atoms with Crippen LogP contribution in [0.2, 0.25) is 5.02 Å². The van der Waals surface area contributed by atoms with E-state index in [1.807, 2.05) is 11.5 Å². The predicted molar refractivity (Wildman–Crippen MR) is 72.6 cm³/mol. The highest BCUT2D eigenvalue weighted by Crippen LogP contribution is 2.25. The van der Waals surface area contributed by atoms with Gasteiger partial charge in [0.1, 0.15) is 5.82 Å². The van der Waals surface area contributed by atoms with Crippen LogP contribution in [0.15, 0.2) is 30.7 Å². The van der Waals surface area contributed by atoms with Gasteiger partial charge in [-0.05, 0) is 18.6 Å². The zero-order valence-electron chi connectivity index (χ0n) is 10.7. The molecule has 3 nitrogen and oxygen atoms in total. The van der Waals surface area contributed by atoms with Crippen molar-refractivity contribution in [3.63, 3.8) is 0 Å². The molecule has 1 aromatic carbocycles. The highest BCUT2D eigenvalue weighted by Gasteiger charge is 2.17. The fraction of sp³-hybridized carbons (Fsp3) is 0.357. The maximum Gasteiger partial charge on any atom is 0.127 e. The Hall–Kier alpha value is -1.39. The SMILES string of the molecule is CCCn1cncc1C(O)Cc1c(F)cccc1Cl. The molecule has 19 heavy (non-hydrogen) atoms. The number of rotatable bonds is 5. The van der Waals surface area contributed by atoms with Crippen LogP contribution in [0, 0.1) is 5.82 Å². The lowest BCUT2D eigenvalue weighted by Gasteiger charge is -2.14. The van der Waals surface area contributed by atoms with Crippen molar-refractivity contribution in [1.29, 1.82) is 0 Å². The summed E-state index contributed by atoms with van der Waals surface area (Å²) in [6, 6.07) is 4.52. The Morgan fingerprint density at radius 2 is 2.26 bits per heavy atom. The van der Waals surface area contributed by atoms with Gasteiger partial charge in [0.15, 0.2) is 0 Å². The van der Waals surface area contributed by atoms with Crippen LogP contribution in [-0.2, 0) is 13.0 Å². The van der Waals surface area contributed by atoms with E-state index in [1.54, 1.807) is 24.7 Å². The third-order valence-corrected chi connectivity index (χ3v) is 3.36. The zero-order valence-corrected chi connectivity index (χ0v) is 11.4. The van der Waals surface area contributed by atoms with Gasteiger partial charge in [0.2, 0.25) is 0 Å². The van der Waals surface area contributed by atoms with Crippen LogP contribution in [0.4, 0.5) is 4.39 Å². The minimum Gasteiger partial charge on any atom is -0.386 e. The maximum absolute atomic E-state index is 13.7. The highest BCUT2D eigenvalue weighted by molar-refractivity contribution is 6.31. The number of imidazole rings is 1. The van der Waals surface area contributed by atoms with Crippen molar-refractivity contribution >= 4 is 11.6 Å². The molecule has 1 unspecified atom stereocenters. The van der Waals surface area contributed by atoms with Gasteiger partial charge in [-0.15, -0.1) is 0 Å². The fourth-order valence-corrected chi connectivity index (χ4v) is 2.30. The van der Waals surface area contributed by atoms with E-state index < -0.39 is 11.9 Å². The summed E-state index contributed by atoms with van der Waals surface area (Å²) in [5.74, 6) is -0.395. The maximum atomic E-state index is 13.7. The van der Waals surface area contributed by atoms with E-state index >= 15 is 0 Å². The quantitative estimate of drug-likeness (QED) is 0.913. The molecule has 2 aromatic rings. The van der Waals surface area contributed by atoms with Gasteiger partial charge in [-0.25, -0.2) is 9.37 Å². The predicted octanol–water partition coefficient (Wildman–Crippen LogP) is 3.36. The van der Waals surface area contributed by atoms with Crippen LogP contribution in [-0.4, -0.2) is 14.7 Å². The monoisotopic (exact) mass is 282 g/mol. The van der Waals surface area contributed by atoms with E-state index in [1.165, 1.54) is 6.07 Å². The zero-order chi connectivity index (χ0) is 13.8. The molecule has 1 atom stereocenters. The molecule has 0 aliphatic carbocycles.